The van der Waals surface area contributed by atoms with Crippen LogP contribution in [0.3, 0.4) is 0 Å². The lowest BCUT2D eigenvalue weighted by Gasteiger charge is -2.18. The van der Waals surface area contributed by atoms with E-state index >= 15 is 0 Å². The van der Waals surface area contributed by atoms with Crippen molar-refractivity contribution < 1.29 is 28.6 Å². The van der Waals surface area contributed by atoms with Gasteiger partial charge in [0.05, 0.1) is 0 Å². The molecule has 1 unspecified atom stereocenters. The Bertz CT molecular complexity index is 2030. The molecule has 0 spiro atoms. The van der Waals surface area contributed by atoms with E-state index in [1.165, 1.54) is 25.7 Å². The van der Waals surface area contributed by atoms with Crippen molar-refractivity contribution in [2.24, 2.45) is 0 Å². The number of hydrogen-bond donors (Lipinski definition) is 0. The highest BCUT2D eigenvalue weighted by atomic mass is 16.6. The largest absolute Gasteiger partial charge is 0.462 e. The molecule has 0 aliphatic heterocycles. The van der Waals surface area contributed by atoms with Gasteiger partial charge in [0.25, 0.3) is 0 Å². The fourth-order valence-corrected chi connectivity index (χ4v) is 8.01. The standard InChI is InChI=1S/C77H116O6/c1-4-7-10-13-16-19-22-25-28-31-33-34-35-36-37-38-39-40-41-42-44-46-49-52-55-58-61-64-67-70-76(79)82-73-74(72-81-75(78)69-66-63-60-57-54-51-48-45-30-27-24-21-18-15-12-9-6-3)83-77(80)71-68-65-62-59-56-53-50-47-43-32-29-26-23-20-17-14-11-8-5-2/h7-12,16-21,25-30,33-34,36-37,39-40,42-44,47,49,52-53,56,58,61,74H,4-6,13-15,22-24,31-32,35,38,41,45-46,48,50-51,54-55,57,59-60,62-73H2,1-3H3/b10-7-,11-8-,12-9-,19-16-,20-17-,21-18-,28-25-,29-26-,30-27-,34-33-,37-36-,40-39-,44-42-,47-43-,52-49-,56-53-,61-58-. The number of rotatable bonds is 56. The third-order valence-electron chi connectivity index (χ3n) is 12.8. The van der Waals surface area contributed by atoms with Gasteiger partial charge in [-0.3, -0.25) is 14.4 Å². The number of ether oxygens (including phenoxy) is 3. The molecule has 0 aliphatic carbocycles. The molecule has 0 aromatic carbocycles. The van der Waals surface area contributed by atoms with Crippen molar-refractivity contribution in [3.63, 3.8) is 0 Å². The summed E-state index contributed by atoms with van der Waals surface area (Å²) in [5.41, 5.74) is 0. The Labute approximate surface area is 509 Å². The lowest BCUT2D eigenvalue weighted by molar-refractivity contribution is -0.167. The quantitative estimate of drug-likeness (QED) is 0.0261. The number of allylic oxidation sites excluding steroid dienone is 34. The summed E-state index contributed by atoms with van der Waals surface area (Å²) >= 11 is 0. The summed E-state index contributed by atoms with van der Waals surface area (Å²) in [5, 5.41) is 0. The average Bonchev–Trinajstić information content (AvgIpc) is 3.49. The molecular formula is C77H116O6. The average molecular weight is 1140 g/mol. The number of carbonyl (C=O) groups is 3. The highest BCUT2D eigenvalue weighted by Gasteiger charge is 2.19. The van der Waals surface area contributed by atoms with E-state index in [0.29, 0.717) is 19.3 Å². The Kier molecular flexibility index (Phi) is 63.5. The van der Waals surface area contributed by atoms with Crippen LogP contribution in [0, 0.1) is 0 Å². The van der Waals surface area contributed by atoms with Gasteiger partial charge in [0, 0.05) is 19.3 Å². The molecule has 6 heteroatoms. The minimum Gasteiger partial charge on any atom is -0.462 e. The van der Waals surface area contributed by atoms with Crippen molar-refractivity contribution in [1.82, 2.24) is 0 Å². The predicted octanol–water partition coefficient (Wildman–Crippen LogP) is 22.8. The van der Waals surface area contributed by atoms with Crippen molar-refractivity contribution in [1.29, 1.82) is 0 Å². The van der Waals surface area contributed by atoms with E-state index in [-0.39, 0.29) is 44.0 Å². The second-order valence-corrected chi connectivity index (χ2v) is 20.5. The van der Waals surface area contributed by atoms with Gasteiger partial charge in [-0.15, -0.1) is 0 Å². The van der Waals surface area contributed by atoms with E-state index < -0.39 is 6.10 Å². The van der Waals surface area contributed by atoms with Crippen LogP contribution < -0.4 is 0 Å². The summed E-state index contributed by atoms with van der Waals surface area (Å²) in [6.07, 6.45) is 105. The van der Waals surface area contributed by atoms with Crippen molar-refractivity contribution in [2.75, 3.05) is 13.2 Å². The summed E-state index contributed by atoms with van der Waals surface area (Å²) < 4.78 is 16.8. The van der Waals surface area contributed by atoms with Crippen LogP contribution in [0.15, 0.2) is 207 Å². The second-order valence-electron chi connectivity index (χ2n) is 20.5. The molecule has 0 radical (unpaired) electrons. The zero-order chi connectivity index (χ0) is 59.9. The Morgan fingerprint density at radius 2 is 0.446 bits per heavy atom. The van der Waals surface area contributed by atoms with Gasteiger partial charge in [0.2, 0.25) is 0 Å². The van der Waals surface area contributed by atoms with Gasteiger partial charge in [-0.05, 0) is 161 Å². The van der Waals surface area contributed by atoms with E-state index in [1.807, 2.05) is 0 Å². The topological polar surface area (TPSA) is 78.9 Å². The third kappa shape index (κ3) is 66.7. The number of unbranched alkanes of at least 4 members (excludes halogenated alkanes) is 11. The maximum absolute atomic E-state index is 12.9. The first-order valence-electron chi connectivity index (χ1n) is 32.6. The van der Waals surface area contributed by atoms with Crippen LogP contribution >= 0.6 is 0 Å². The maximum Gasteiger partial charge on any atom is 0.306 e. The molecule has 460 valence electrons. The molecule has 0 aliphatic rings. The molecule has 0 bridgehead atoms. The Morgan fingerprint density at radius 3 is 0.735 bits per heavy atom. The summed E-state index contributed by atoms with van der Waals surface area (Å²) in [6.45, 7) is 6.20. The molecule has 0 saturated heterocycles. The van der Waals surface area contributed by atoms with Crippen molar-refractivity contribution in [3.05, 3.63) is 207 Å². The first kappa shape index (κ1) is 77.0. The molecule has 6 nitrogen and oxygen atoms in total. The summed E-state index contributed by atoms with van der Waals surface area (Å²) in [5.74, 6) is -1.04. The fraction of sp³-hybridized carbons (Fsp3) is 0.519. The number of esters is 3. The van der Waals surface area contributed by atoms with Crippen LogP contribution in [0.1, 0.15) is 239 Å². The third-order valence-corrected chi connectivity index (χ3v) is 12.8. The van der Waals surface area contributed by atoms with Crippen LogP contribution in [0.5, 0.6) is 0 Å². The monoisotopic (exact) mass is 1140 g/mol. The van der Waals surface area contributed by atoms with E-state index in [0.717, 1.165) is 161 Å². The normalized spacial score (nSPS) is 13.5. The molecule has 0 N–H and O–H groups in total. The van der Waals surface area contributed by atoms with E-state index in [9.17, 15) is 14.4 Å². The highest BCUT2D eigenvalue weighted by molar-refractivity contribution is 5.71. The first-order valence-corrected chi connectivity index (χ1v) is 32.6. The molecule has 1 atom stereocenters. The number of carbonyl (C=O) groups excluding carboxylic acids is 3. The van der Waals surface area contributed by atoms with Crippen molar-refractivity contribution in [3.8, 4) is 0 Å². The molecule has 0 rings (SSSR count). The maximum atomic E-state index is 12.9. The van der Waals surface area contributed by atoms with E-state index in [1.54, 1.807) is 0 Å². The zero-order valence-electron chi connectivity index (χ0n) is 52.6. The van der Waals surface area contributed by atoms with Gasteiger partial charge in [0.1, 0.15) is 13.2 Å². The van der Waals surface area contributed by atoms with Crippen LogP contribution in [-0.4, -0.2) is 37.2 Å². The Morgan fingerprint density at radius 1 is 0.241 bits per heavy atom. The number of hydrogen-bond acceptors (Lipinski definition) is 6. The molecule has 0 saturated carbocycles. The summed E-state index contributed by atoms with van der Waals surface area (Å²) in [7, 11) is 0. The Balaban J connectivity index is 4.58. The predicted molar refractivity (Wildman–Crippen MR) is 361 cm³/mol. The fourth-order valence-electron chi connectivity index (χ4n) is 8.01. The highest BCUT2D eigenvalue weighted by Crippen LogP contribution is 2.13. The Hall–Kier alpha value is -6.01. The smallest absolute Gasteiger partial charge is 0.306 e. The van der Waals surface area contributed by atoms with E-state index in [4.69, 9.17) is 14.2 Å². The molecule has 0 heterocycles. The van der Waals surface area contributed by atoms with Gasteiger partial charge >= 0.3 is 17.9 Å². The molecule has 0 aromatic rings. The molecule has 83 heavy (non-hydrogen) atoms. The molecular weight excluding hydrogens is 1020 g/mol. The van der Waals surface area contributed by atoms with E-state index in [2.05, 4.69) is 227 Å². The summed E-state index contributed by atoms with van der Waals surface area (Å²) in [4.78, 5) is 38.4. The second kappa shape index (κ2) is 68.5. The molecule has 0 aromatic heterocycles. The van der Waals surface area contributed by atoms with Gasteiger partial charge in [-0.2, -0.15) is 0 Å². The molecule has 0 amide bonds. The van der Waals surface area contributed by atoms with Gasteiger partial charge in [0.15, 0.2) is 6.10 Å². The van der Waals surface area contributed by atoms with Crippen molar-refractivity contribution >= 4 is 17.9 Å². The molecule has 0 fully saturated rings. The van der Waals surface area contributed by atoms with Crippen LogP contribution in [-0.2, 0) is 28.6 Å². The van der Waals surface area contributed by atoms with Crippen molar-refractivity contribution in [2.45, 2.75) is 245 Å². The van der Waals surface area contributed by atoms with Crippen LogP contribution in [0.2, 0.25) is 0 Å². The van der Waals surface area contributed by atoms with Gasteiger partial charge in [-0.25, -0.2) is 0 Å². The SMILES string of the molecule is CC/C=C\C/C=C\C/C=C\C/C=C\C/C=C\C/C=C\C/C=C\C/C=C\C/C=C\CCCC(=O)OCC(COC(=O)CCCCCCCCC/C=C\C/C=C\C/C=C\CC)OC(=O)CCCCC/C=C\C/C=C\C/C=C\C/C=C\C/C=C\CC. The van der Waals surface area contributed by atoms with Crippen LogP contribution in [0.25, 0.3) is 0 Å². The van der Waals surface area contributed by atoms with Gasteiger partial charge < -0.3 is 14.2 Å². The summed E-state index contributed by atoms with van der Waals surface area (Å²) in [6, 6.07) is 0. The lowest BCUT2D eigenvalue weighted by Crippen LogP contribution is -2.30. The minimum atomic E-state index is -0.839. The first-order chi connectivity index (χ1) is 41.0. The lowest BCUT2D eigenvalue weighted by atomic mass is 10.1. The van der Waals surface area contributed by atoms with Gasteiger partial charge in [-0.1, -0.05) is 266 Å². The zero-order valence-corrected chi connectivity index (χ0v) is 52.6. The van der Waals surface area contributed by atoms with Crippen LogP contribution in [0.4, 0.5) is 0 Å². The minimum absolute atomic E-state index is 0.127.